The van der Waals surface area contributed by atoms with E-state index in [0.29, 0.717) is 27.0 Å². The van der Waals surface area contributed by atoms with Gasteiger partial charge in [0.15, 0.2) is 0 Å². The fourth-order valence-corrected chi connectivity index (χ4v) is 2.61. The largest absolute Gasteiger partial charge is 0.496 e. The summed E-state index contributed by atoms with van der Waals surface area (Å²) in [7, 11) is 1.50. The molecule has 2 aromatic carbocycles. The van der Waals surface area contributed by atoms with Gasteiger partial charge in [-0.25, -0.2) is 5.01 Å². The first-order valence-corrected chi connectivity index (χ1v) is 7.71. The molecule has 0 spiro atoms. The highest BCUT2D eigenvalue weighted by atomic mass is 35.5. The van der Waals surface area contributed by atoms with Gasteiger partial charge in [0.05, 0.1) is 12.8 Å². The number of halogens is 2. The Kier molecular flexibility index (Phi) is 4.46. The van der Waals surface area contributed by atoms with E-state index in [1.807, 2.05) is 0 Å². The van der Waals surface area contributed by atoms with E-state index in [1.165, 1.54) is 18.2 Å². The highest BCUT2D eigenvalue weighted by Gasteiger charge is 2.34. The van der Waals surface area contributed by atoms with Crippen LogP contribution in [0.5, 0.6) is 5.75 Å². The van der Waals surface area contributed by atoms with Crippen LogP contribution in [0.3, 0.4) is 0 Å². The third-order valence-corrected chi connectivity index (χ3v) is 3.95. The van der Waals surface area contributed by atoms with Crippen molar-refractivity contribution in [3.63, 3.8) is 0 Å². The zero-order valence-electron chi connectivity index (χ0n) is 12.5. The molecule has 0 radical (unpaired) electrons. The van der Waals surface area contributed by atoms with Gasteiger partial charge < -0.3 is 4.74 Å². The Hall–Kier alpha value is -2.50. The van der Waals surface area contributed by atoms with Crippen molar-refractivity contribution in [2.75, 3.05) is 12.1 Å². The molecule has 0 aromatic heterocycles. The van der Waals surface area contributed by atoms with Crippen LogP contribution in [0.4, 0.5) is 5.69 Å². The van der Waals surface area contributed by atoms with Crippen molar-refractivity contribution < 1.29 is 14.3 Å². The van der Waals surface area contributed by atoms with E-state index in [1.54, 1.807) is 42.5 Å². The molecule has 1 saturated heterocycles. The predicted octanol–water partition coefficient (Wildman–Crippen LogP) is 3.46. The van der Waals surface area contributed by atoms with Crippen LogP contribution in [0.2, 0.25) is 10.0 Å². The summed E-state index contributed by atoms with van der Waals surface area (Å²) in [5.74, 6) is -0.459. The van der Waals surface area contributed by atoms with E-state index in [0.717, 1.165) is 0 Å². The number of ether oxygens (including phenoxy) is 1. The number of nitrogens with one attached hydrogen (secondary N) is 1. The molecular weight excluding hydrogens is 351 g/mol. The number of hydrogen-bond acceptors (Lipinski definition) is 3. The molecule has 3 rings (SSSR count). The highest BCUT2D eigenvalue weighted by molar-refractivity contribution is 6.33. The van der Waals surface area contributed by atoms with Crippen LogP contribution >= 0.6 is 23.2 Å². The normalized spacial score (nSPS) is 15.8. The molecular formula is C17H12Cl2N2O3. The first-order valence-electron chi connectivity index (χ1n) is 6.96. The summed E-state index contributed by atoms with van der Waals surface area (Å²) in [5.41, 5.74) is 3.57. The summed E-state index contributed by atoms with van der Waals surface area (Å²) in [6.07, 6.45) is 1.46. The maximum Gasteiger partial charge on any atom is 0.282 e. The minimum atomic E-state index is -0.503. The number of rotatable bonds is 3. The van der Waals surface area contributed by atoms with Gasteiger partial charge in [0.1, 0.15) is 11.3 Å². The summed E-state index contributed by atoms with van der Waals surface area (Å²) >= 11 is 11.8. The van der Waals surface area contributed by atoms with Gasteiger partial charge in [-0.05, 0) is 48.5 Å². The second kappa shape index (κ2) is 6.55. The molecule has 0 bridgehead atoms. The summed E-state index contributed by atoms with van der Waals surface area (Å²) < 4.78 is 5.23. The second-order valence-corrected chi connectivity index (χ2v) is 5.88. The zero-order chi connectivity index (χ0) is 17.3. The molecule has 2 aromatic rings. The van der Waals surface area contributed by atoms with E-state index < -0.39 is 11.8 Å². The number of benzene rings is 2. The standard InChI is InChI=1S/C17H12Cl2N2O3/c1-24-15-7-4-12(19)8-10(15)9-14-16(22)20-21(17(14)23)13-5-2-11(18)3-6-13/h2-9H,1H3,(H,20,22). The van der Waals surface area contributed by atoms with Crippen molar-refractivity contribution in [3.8, 4) is 5.75 Å². The Labute approximate surface area is 148 Å². The number of anilines is 1. The first-order chi connectivity index (χ1) is 11.5. The fourth-order valence-electron chi connectivity index (χ4n) is 2.30. The number of methoxy groups -OCH3 is 1. The molecule has 0 saturated carbocycles. The van der Waals surface area contributed by atoms with Gasteiger partial charge in [-0.1, -0.05) is 23.2 Å². The Morgan fingerprint density at radius 3 is 2.38 bits per heavy atom. The van der Waals surface area contributed by atoms with E-state index in [4.69, 9.17) is 27.9 Å². The summed E-state index contributed by atoms with van der Waals surface area (Å²) in [6, 6.07) is 11.5. The van der Waals surface area contributed by atoms with Gasteiger partial charge in [-0.2, -0.15) is 0 Å². The topological polar surface area (TPSA) is 58.6 Å². The molecule has 1 heterocycles. The first kappa shape index (κ1) is 16.4. The van der Waals surface area contributed by atoms with Crippen molar-refractivity contribution in [1.82, 2.24) is 5.43 Å². The number of hydrogen-bond donors (Lipinski definition) is 1. The van der Waals surface area contributed by atoms with Gasteiger partial charge in [-0.3, -0.25) is 15.0 Å². The average molecular weight is 363 g/mol. The molecule has 1 N–H and O–H groups in total. The maximum atomic E-state index is 12.6. The van der Waals surface area contributed by atoms with Crippen LogP contribution in [0, 0.1) is 0 Å². The minimum absolute atomic E-state index is 0.00878. The summed E-state index contributed by atoms with van der Waals surface area (Å²) in [5, 5.41) is 2.18. The number of carbonyl (C=O) groups is 2. The Balaban J connectivity index is 1.97. The van der Waals surface area contributed by atoms with Gasteiger partial charge in [0, 0.05) is 15.6 Å². The molecule has 0 unspecified atom stereocenters. The van der Waals surface area contributed by atoms with Gasteiger partial charge in [0.25, 0.3) is 11.8 Å². The lowest BCUT2D eigenvalue weighted by molar-refractivity contribution is -0.117. The molecule has 1 fully saturated rings. The minimum Gasteiger partial charge on any atom is -0.496 e. The van der Waals surface area contributed by atoms with Crippen LogP contribution in [0.25, 0.3) is 6.08 Å². The van der Waals surface area contributed by atoms with E-state index in [9.17, 15) is 9.59 Å². The van der Waals surface area contributed by atoms with Crippen molar-refractivity contribution >= 4 is 46.8 Å². The molecule has 1 aliphatic heterocycles. The summed E-state index contributed by atoms with van der Waals surface area (Å²) in [6.45, 7) is 0. The van der Waals surface area contributed by atoms with Crippen molar-refractivity contribution in [2.24, 2.45) is 0 Å². The Morgan fingerprint density at radius 1 is 1.04 bits per heavy atom. The average Bonchev–Trinajstić information content (AvgIpc) is 2.84. The maximum absolute atomic E-state index is 12.6. The van der Waals surface area contributed by atoms with E-state index >= 15 is 0 Å². The fraction of sp³-hybridized carbons (Fsp3) is 0.0588. The number of carbonyl (C=O) groups excluding carboxylic acids is 2. The van der Waals surface area contributed by atoms with Gasteiger partial charge >= 0.3 is 0 Å². The van der Waals surface area contributed by atoms with Crippen LogP contribution in [-0.2, 0) is 9.59 Å². The molecule has 2 amide bonds. The molecule has 1 aliphatic rings. The van der Waals surface area contributed by atoms with E-state index in [-0.39, 0.29) is 5.57 Å². The van der Waals surface area contributed by atoms with Crippen LogP contribution in [0.1, 0.15) is 5.56 Å². The van der Waals surface area contributed by atoms with Crippen molar-refractivity contribution in [1.29, 1.82) is 0 Å². The van der Waals surface area contributed by atoms with Crippen molar-refractivity contribution in [2.45, 2.75) is 0 Å². The van der Waals surface area contributed by atoms with Crippen LogP contribution in [0.15, 0.2) is 48.0 Å². The third kappa shape index (κ3) is 3.09. The number of amides is 2. The lowest BCUT2D eigenvalue weighted by atomic mass is 10.1. The second-order valence-electron chi connectivity index (χ2n) is 5.00. The third-order valence-electron chi connectivity index (χ3n) is 3.47. The quantitative estimate of drug-likeness (QED) is 0.671. The number of nitrogens with zero attached hydrogens (tertiary/aromatic N) is 1. The highest BCUT2D eigenvalue weighted by Crippen LogP contribution is 2.28. The van der Waals surface area contributed by atoms with Crippen LogP contribution in [-0.4, -0.2) is 18.9 Å². The molecule has 0 atom stereocenters. The molecule has 7 heteroatoms. The molecule has 24 heavy (non-hydrogen) atoms. The lowest BCUT2D eigenvalue weighted by Crippen LogP contribution is -2.35. The number of hydrazine groups is 1. The molecule has 5 nitrogen and oxygen atoms in total. The lowest BCUT2D eigenvalue weighted by Gasteiger charge is -2.14. The van der Waals surface area contributed by atoms with E-state index in [2.05, 4.69) is 5.43 Å². The van der Waals surface area contributed by atoms with Crippen molar-refractivity contribution in [3.05, 3.63) is 63.6 Å². The molecule has 122 valence electrons. The van der Waals surface area contributed by atoms with Crippen LogP contribution < -0.4 is 15.2 Å². The van der Waals surface area contributed by atoms with Gasteiger partial charge in [-0.15, -0.1) is 0 Å². The smallest absolute Gasteiger partial charge is 0.282 e. The summed E-state index contributed by atoms with van der Waals surface area (Å²) in [4.78, 5) is 24.7. The SMILES string of the molecule is COc1ccc(Cl)cc1C=C1C(=O)NN(c2ccc(Cl)cc2)C1=O. The Morgan fingerprint density at radius 2 is 1.71 bits per heavy atom. The van der Waals surface area contributed by atoms with Gasteiger partial charge in [0.2, 0.25) is 0 Å². The molecule has 0 aliphatic carbocycles. The Bertz CT molecular complexity index is 847. The predicted molar refractivity (Wildman–Crippen MR) is 93.1 cm³/mol. The zero-order valence-corrected chi connectivity index (χ0v) is 14.1. The monoisotopic (exact) mass is 362 g/mol.